The van der Waals surface area contributed by atoms with E-state index in [0.717, 1.165) is 12.1 Å². The van der Waals surface area contributed by atoms with Crippen LogP contribution >= 0.6 is 0 Å². The molecule has 17 nitrogen and oxygen atoms in total. The van der Waals surface area contributed by atoms with E-state index in [-0.39, 0.29) is 169 Å². The predicted octanol–water partition coefficient (Wildman–Crippen LogP) is -7.74. The molecule has 0 aromatic heterocycles. The van der Waals surface area contributed by atoms with Gasteiger partial charge in [0.05, 0.1) is 22.6 Å². The Labute approximate surface area is 393 Å². The average molecular weight is 848 g/mol. The Hall–Kier alpha value is -0.211. The van der Waals surface area contributed by atoms with Crippen molar-refractivity contribution in [2.45, 2.75) is 9.79 Å². The van der Waals surface area contributed by atoms with E-state index in [1.165, 1.54) is 25.3 Å². The first-order valence-electron chi connectivity index (χ1n) is 12.2. The minimum atomic E-state index is -5.14. The second-order valence-electron chi connectivity index (χ2n) is 8.66. The summed E-state index contributed by atoms with van der Waals surface area (Å²) < 4.78 is 97.9. The number of rotatable bonds is 9. The second kappa shape index (κ2) is 23.7. The summed E-state index contributed by atoms with van der Waals surface area (Å²) in [5.74, 6) is -0.781. The molecule has 0 bridgehead atoms. The van der Waals surface area contributed by atoms with E-state index in [0.29, 0.717) is 22.9 Å². The quantitative estimate of drug-likeness (QED) is 0.0401. The molecule has 0 aliphatic carbocycles. The molecular weight excluding hydrogens is 826 g/mol. The Bertz CT molecular complexity index is 2190. The zero-order chi connectivity index (χ0) is 34.4. The van der Waals surface area contributed by atoms with Gasteiger partial charge in [0.25, 0.3) is 0 Å². The Morgan fingerprint density at radius 3 is 1.96 bits per heavy atom. The van der Waals surface area contributed by atoms with Crippen molar-refractivity contribution in [1.29, 1.82) is 0 Å². The Kier molecular flexibility index (Phi) is 25.6. The fourth-order valence-corrected chi connectivity index (χ4v) is 5.15. The summed E-state index contributed by atoms with van der Waals surface area (Å²) in [6, 6.07) is 15.5. The minimum absolute atomic E-state index is 0. The smallest absolute Gasteiger partial charge is 0.744 e. The summed E-state index contributed by atoms with van der Waals surface area (Å²) in [4.78, 5) is -1.28. The Morgan fingerprint density at radius 2 is 1.43 bits per heavy atom. The van der Waals surface area contributed by atoms with Gasteiger partial charge in [-0.05, 0) is 24.3 Å². The van der Waals surface area contributed by atoms with Crippen molar-refractivity contribution >= 4 is 69.6 Å². The van der Waals surface area contributed by atoms with Gasteiger partial charge < -0.3 is 36.3 Å². The van der Waals surface area contributed by atoms with Crippen molar-refractivity contribution in [2.75, 3.05) is 25.2 Å². The van der Waals surface area contributed by atoms with E-state index in [1.54, 1.807) is 19.2 Å². The monoisotopic (exact) mass is 847 g/mol. The number of hydrogen-bond donors (Lipinski definition) is 4. The summed E-state index contributed by atoms with van der Waals surface area (Å²) in [6.07, 6.45) is 0. The first-order chi connectivity index (χ1) is 21.4. The van der Waals surface area contributed by atoms with Crippen LogP contribution in [0.2, 0.25) is 0 Å². The molecule has 0 unspecified atom stereocenters. The molecule has 0 aliphatic heterocycles. The fourth-order valence-electron chi connectivity index (χ4n) is 3.63. The van der Waals surface area contributed by atoms with Crippen LogP contribution in [-0.2, 0) is 47.4 Å². The van der Waals surface area contributed by atoms with Gasteiger partial charge in [0, 0.05) is 58.4 Å². The van der Waals surface area contributed by atoms with E-state index in [2.05, 4.69) is 44.8 Å². The van der Waals surface area contributed by atoms with Gasteiger partial charge in [-0.1, -0.05) is 28.7 Å². The van der Waals surface area contributed by atoms with Crippen LogP contribution in [0.15, 0.2) is 78.8 Å². The molecule has 51 heavy (non-hydrogen) atoms. The van der Waals surface area contributed by atoms with E-state index < -0.39 is 51.6 Å². The second-order valence-corrected chi connectivity index (χ2v) is 13.0. The molecule has 0 spiro atoms. The SMILES string of the molecule is O=S(=O)([O-])O.[CH2-]CS(=O)(=O)c1ccc(N=Nc2c(NC)ccc3c(O)c(N=Nc4cc(OC)[c-]cc4O)[c-]cc23)c(S(=O)(=O)[O-])c1.[Cu].[Na+].[Na+].[Na+].[Na+]. The molecule has 0 saturated heterocycles. The topological polar surface area (TPSA) is 280 Å². The number of fused-ring (bicyclic) bond motifs is 1. The molecule has 0 heterocycles. The number of anilines is 1. The van der Waals surface area contributed by atoms with Crippen LogP contribution in [0.4, 0.5) is 28.4 Å². The molecular formula is C26H22CuN5Na4O12S3-. The van der Waals surface area contributed by atoms with Gasteiger partial charge >= 0.3 is 118 Å². The van der Waals surface area contributed by atoms with Crippen LogP contribution in [-0.4, -0.2) is 69.0 Å². The third-order valence-corrected chi connectivity index (χ3v) is 8.14. The largest absolute Gasteiger partial charge is 1.00 e. The number of ether oxygens (including phenoxy) is 1. The Balaban J connectivity index is -0.00000215. The molecule has 4 N–H and O–H groups in total. The van der Waals surface area contributed by atoms with E-state index >= 15 is 0 Å². The average Bonchev–Trinajstić information content (AvgIpc) is 2.98. The zero-order valence-corrected chi connectivity index (χ0v) is 39.3. The third kappa shape index (κ3) is 15.8. The van der Waals surface area contributed by atoms with Crippen molar-refractivity contribution in [3.63, 3.8) is 0 Å². The summed E-state index contributed by atoms with van der Waals surface area (Å²) in [6.45, 7) is 3.31. The summed E-state index contributed by atoms with van der Waals surface area (Å²) >= 11 is 0. The Morgan fingerprint density at radius 1 is 0.843 bits per heavy atom. The van der Waals surface area contributed by atoms with Gasteiger partial charge in [-0.2, -0.15) is 32.6 Å². The first-order valence-corrected chi connectivity index (χ1v) is 16.6. The van der Waals surface area contributed by atoms with Crippen LogP contribution in [0.1, 0.15) is 0 Å². The third-order valence-electron chi connectivity index (χ3n) is 5.76. The molecule has 0 fully saturated rings. The van der Waals surface area contributed by atoms with Gasteiger partial charge in [0.1, 0.15) is 15.8 Å². The fraction of sp³-hybridized carbons (Fsp3) is 0.115. The van der Waals surface area contributed by atoms with Gasteiger partial charge in [-0.15, -0.1) is 12.1 Å². The van der Waals surface area contributed by atoms with Crippen molar-refractivity contribution in [3.05, 3.63) is 67.6 Å². The van der Waals surface area contributed by atoms with Crippen LogP contribution in [0.3, 0.4) is 0 Å². The normalized spacial score (nSPS) is 11.1. The van der Waals surface area contributed by atoms with Crippen molar-refractivity contribution in [1.82, 2.24) is 0 Å². The van der Waals surface area contributed by atoms with E-state index in [9.17, 15) is 31.6 Å². The summed E-state index contributed by atoms with van der Waals surface area (Å²) in [7, 11) is -10.9. The maximum absolute atomic E-state index is 12.2. The summed E-state index contributed by atoms with van der Waals surface area (Å²) in [5.41, 5.74) is 0.168. The van der Waals surface area contributed by atoms with Gasteiger partial charge in [0.15, 0.2) is 9.84 Å². The van der Waals surface area contributed by atoms with Crippen LogP contribution in [0.5, 0.6) is 17.2 Å². The molecule has 257 valence electrons. The molecule has 0 aliphatic rings. The number of aromatic hydroxyl groups is 2. The minimum Gasteiger partial charge on any atom is -0.744 e. The number of hydrogen-bond acceptors (Lipinski definition) is 16. The van der Waals surface area contributed by atoms with Gasteiger partial charge in [0.2, 0.25) is 10.4 Å². The molecule has 0 atom stereocenters. The zero-order valence-electron chi connectivity index (χ0n) is 27.9. The van der Waals surface area contributed by atoms with Gasteiger partial charge in [-0.25, -0.2) is 25.3 Å². The van der Waals surface area contributed by atoms with Crippen LogP contribution in [0.25, 0.3) is 10.8 Å². The molecule has 1 radical (unpaired) electrons. The number of benzene rings is 4. The van der Waals surface area contributed by atoms with Crippen LogP contribution in [0, 0.1) is 19.1 Å². The number of nitrogens with one attached hydrogen (secondary N) is 1. The first kappa shape index (κ1) is 55.1. The number of sulfone groups is 1. The van der Waals surface area contributed by atoms with Gasteiger partial charge in [-0.3, -0.25) is 4.55 Å². The maximum atomic E-state index is 12.2. The molecule has 0 saturated carbocycles. The summed E-state index contributed by atoms with van der Waals surface area (Å²) in [5, 5.41) is 40.3. The standard InChI is InChI=1S/C26H22N5O8S2.Cu.4Na.H2O4S/c1-4-40(34,35)16-6-9-19(24(14-16)41(36,37)38)28-31-25-17-7-11-21(26(33)18(17)8-10-20(25)27-2)29-30-22-13-15(39-3)5-12-23(22)32;;;;;;1-5(2,3)4/h6-10,12-14,27,32-33H,1,4H2,2-3H3,(H,36,37,38);;;;;;(H2,1,2,3,4)/q-3;;4*+1;/p-2. The van der Waals surface area contributed by atoms with Crippen LogP contribution < -0.4 is 128 Å². The van der Waals surface area contributed by atoms with E-state index in [4.69, 9.17) is 22.3 Å². The molecule has 4 aromatic rings. The van der Waals surface area contributed by atoms with Crippen molar-refractivity contribution < 1.29 is 189 Å². The number of methoxy groups -OCH3 is 1. The predicted molar refractivity (Wildman–Crippen MR) is 160 cm³/mol. The van der Waals surface area contributed by atoms with Crippen molar-refractivity contribution in [3.8, 4) is 17.2 Å². The molecule has 25 heteroatoms. The number of nitrogens with zero attached hydrogens (tertiary/aromatic N) is 4. The number of phenolic OH excluding ortho intramolecular Hbond substituents is 2. The molecule has 4 aromatic carbocycles. The van der Waals surface area contributed by atoms with Crippen molar-refractivity contribution in [2.24, 2.45) is 20.5 Å². The number of azo groups is 2. The molecule has 0 amide bonds. The maximum Gasteiger partial charge on any atom is 1.00 e. The molecule has 4 rings (SSSR count). The van der Waals surface area contributed by atoms with E-state index in [1.807, 2.05) is 0 Å². The number of phenols is 2.